The van der Waals surface area contributed by atoms with Crippen LogP contribution in [-0.4, -0.2) is 11.8 Å². The number of anilines is 2. The number of aryl methyl sites for hydroxylation is 1. The number of nitrogens with two attached hydrogens (primary N) is 1. The third kappa shape index (κ3) is 4.35. The van der Waals surface area contributed by atoms with Gasteiger partial charge in [0.1, 0.15) is 0 Å². The second-order valence-electron chi connectivity index (χ2n) is 6.11. The molecule has 0 heterocycles. The predicted molar refractivity (Wildman–Crippen MR) is 93.2 cm³/mol. The first-order valence-corrected chi connectivity index (χ1v) is 7.67. The van der Waals surface area contributed by atoms with Gasteiger partial charge in [-0.2, -0.15) is 0 Å². The molecule has 116 valence electrons. The van der Waals surface area contributed by atoms with Crippen molar-refractivity contribution < 1.29 is 4.79 Å². The first-order valence-electron chi connectivity index (χ1n) is 7.67. The number of carbonyl (C=O) groups is 1. The van der Waals surface area contributed by atoms with Crippen LogP contribution in [0.3, 0.4) is 0 Å². The molecule has 0 saturated heterocycles. The van der Waals surface area contributed by atoms with Crippen LogP contribution in [-0.2, 0) is 0 Å². The summed E-state index contributed by atoms with van der Waals surface area (Å²) in [5.74, 6) is 0.498. The van der Waals surface area contributed by atoms with E-state index >= 15 is 0 Å². The molecular formula is C19H24N2O. The lowest BCUT2D eigenvalue weighted by atomic mass is 9.95. The van der Waals surface area contributed by atoms with Crippen LogP contribution in [0.5, 0.6) is 0 Å². The highest BCUT2D eigenvalue weighted by atomic mass is 16.1. The molecule has 0 saturated carbocycles. The Labute approximate surface area is 132 Å². The Hall–Kier alpha value is -2.29. The van der Waals surface area contributed by atoms with Crippen molar-refractivity contribution in [2.45, 2.75) is 33.2 Å². The minimum atomic E-state index is 0.104. The van der Waals surface area contributed by atoms with Crippen molar-refractivity contribution in [2.24, 2.45) is 5.92 Å². The molecule has 2 aromatic rings. The maximum absolute atomic E-state index is 12.4. The molecule has 0 aliphatic carbocycles. The van der Waals surface area contributed by atoms with E-state index in [0.717, 1.165) is 5.69 Å². The average molecular weight is 296 g/mol. The molecule has 0 fully saturated rings. The van der Waals surface area contributed by atoms with E-state index in [1.165, 1.54) is 5.56 Å². The molecule has 2 aromatic carbocycles. The van der Waals surface area contributed by atoms with Crippen LogP contribution in [0.1, 0.15) is 36.2 Å². The van der Waals surface area contributed by atoms with E-state index < -0.39 is 0 Å². The van der Waals surface area contributed by atoms with E-state index in [1.807, 2.05) is 0 Å². The minimum absolute atomic E-state index is 0.104. The number of Topliss-reactive ketones (excluding diaryl/α,β-unsaturated/α-hetero) is 1. The highest BCUT2D eigenvalue weighted by Gasteiger charge is 2.18. The predicted octanol–water partition coefficient (Wildman–Crippen LogP) is 4.29. The van der Waals surface area contributed by atoms with Gasteiger partial charge in [0, 0.05) is 29.4 Å². The number of rotatable bonds is 6. The second kappa shape index (κ2) is 7.12. The van der Waals surface area contributed by atoms with Gasteiger partial charge in [0.15, 0.2) is 5.78 Å². The second-order valence-corrected chi connectivity index (χ2v) is 6.11. The summed E-state index contributed by atoms with van der Waals surface area (Å²) in [4.78, 5) is 12.4. The highest BCUT2D eigenvalue weighted by Crippen LogP contribution is 2.18. The zero-order valence-corrected chi connectivity index (χ0v) is 13.5. The monoisotopic (exact) mass is 296 g/mol. The highest BCUT2D eigenvalue weighted by molar-refractivity contribution is 5.96. The number of carbonyl (C=O) groups excluding carboxylic acids is 1. The number of hydrogen-bond acceptors (Lipinski definition) is 3. The van der Waals surface area contributed by atoms with Gasteiger partial charge in [-0.15, -0.1) is 0 Å². The van der Waals surface area contributed by atoms with Crippen molar-refractivity contribution in [1.29, 1.82) is 0 Å². The SMILES string of the molecule is Cc1ccc(N[C@H](CC(=O)c2ccc(N)cc2)C(C)C)cc1. The van der Waals surface area contributed by atoms with E-state index in [2.05, 4.69) is 50.4 Å². The topological polar surface area (TPSA) is 55.1 Å². The summed E-state index contributed by atoms with van der Waals surface area (Å²) >= 11 is 0. The third-order valence-electron chi connectivity index (χ3n) is 3.85. The lowest BCUT2D eigenvalue weighted by Crippen LogP contribution is -2.28. The van der Waals surface area contributed by atoms with Gasteiger partial charge < -0.3 is 11.1 Å². The van der Waals surface area contributed by atoms with Gasteiger partial charge in [-0.1, -0.05) is 31.5 Å². The Morgan fingerprint density at radius 2 is 1.64 bits per heavy atom. The number of nitrogens with one attached hydrogen (secondary N) is 1. The van der Waals surface area contributed by atoms with Crippen LogP contribution in [0.4, 0.5) is 11.4 Å². The van der Waals surface area contributed by atoms with E-state index in [0.29, 0.717) is 23.6 Å². The summed E-state index contributed by atoms with van der Waals surface area (Å²) in [6, 6.07) is 15.5. The quantitative estimate of drug-likeness (QED) is 0.617. The fourth-order valence-electron chi connectivity index (χ4n) is 2.30. The zero-order chi connectivity index (χ0) is 16.1. The average Bonchev–Trinajstić information content (AvgIpc) is 2.49. The van der Waals surface area contributed by atoms with Crippen molar-refractivity contribution in [2.75, 3.05) is 11.1 Å². The maximum atomic E-state index is 12.4. The molecule has 2 rings (SSSR count). The number of nitrogen functional groups attached to an aromatic ring is 1. The van der Waals surface area contributed by atoms with E-state index in [9.17, 15) is 4.79 Å². The van der Waals surface area contributed by atoms with Crippen LogP contribution in [0.15, 0.2) is 48.5 Å². The molecule has 0 unspecified atom stereocenters. The molecule has 1 atom stereocenters. The van der Waals surface area contributed by atoms with E-state index in [-0.39, 0.29) is 11.8 Å². The summed E-state index contributed by atoms with van der Waals surface area (Å²) in [7, 11) is 0. The fourth-order valence-corrected chi connectivity index (χ4v) is 2.30. The first kappa shape index (κ1) is 16.1. The Bertz CT molecular complexity index is 615. The number of hydrogen-bond donors (Lipinski definition) is 2. The van der Waals surface area contributed by atoms with Gasteiger partial charge in [0.05, 0.1) is 0 Å². The van der Waals surface area contributed by atoms with Crippen molar-refractivity contribution in [3.05, 3.63) is 59.7 Å². The van der Waals surface area contributed by atoms with Gasteiger partial charge in [-0.3, -0.25) is 4.79 Å². The molecule has 0 amide bonds. The fraction of sp³-hybridized carbons (Fsp3) is 0.316. The molecule has 0 aliphatic rings. The van der Waals surface area contributed by atoms with Gasteiger partial charge >= 0.3 is 0 Å². The molecule has 0 radical (unpaired) electrons. The molecule has 3 nitrogen and oxygen atoms in total. The largest absolute Gasteiger partial charge is 0.399 e. The summed E-state index contributed by atoms with van der Waals surface area (Å²) in [5, 5.41) is 3.47. The van der Waals surface area contributed by atoms with E-state index in [4.69, 9.17) is 5.73 Å². The van der Waals surface area contributed by atoms with Crippen LogP contribution in [0.25, 0.3) is 0 Å². The van der Waals surface area contributed by atoms with Crippen LogP contribution < -0.4 is 11.1 Å². The summed E-state index contributed by atoms with van der Waals surface area (Å²) in [6.07, 6.45) is 0.468. The summed E-state index contributed by atoms with van der Waals surface area (Å²) < 4.78 is 0. The van der Waals surface area contributed by atoms with Crippen molar-refractivity contribution in [1.82, 2.24) is 0 Å². The lowest BCUT2D eigenvalue weighted by molar-refractivity contribution is 0.0971. The van der Waals surface area contributed by atoms with Crippen molar-refractivity contribution >= 4 is 17.2 Å². The van der Waals surface area contributed by atoms with Gasteiger partial charge in [0.2, 0.25) is 0 Å². The van der Waals surface area contributed by atoms with Crippen LogP contribution >= 0.6 is 0 Å². The Kier molecular flexibility index (Phi) is 5.21. The third-order valence-corrected chi connectivity index (χ3v) is 3.85. The van der Waals surface area contributed by atoms with Gasteiger partial charge in [-0.25, -0.2) is 0 Å². The minimum Gasteiger partial charge on any atom is -0.399 e. The normalized spacial score (nSPS) is 12.2. The maximum Gasteiger partial charge on any atom is 0.164 e. The molecule has 3 N–H and O–H groups in total. The molecule has 0 spiro atoms. The summed E-state index contributed by atoms with van der Waals surface area (Å²) in [5.41, 5.74) is 9.33. The summed E-state index contributed by atoms with van der Waals surface area (Å²) in [6.45, 7) is 6.32. The molecule has 0 aliphatic heterocycles. The van der Waals surface area contributed by atoms with Crippen molar-refractivity contribution in [3.63, 3.8) is 0 Å². The molecule has 0 aromatic heterocycles. The molecule has 22 heavy (non-hydrogen) atoms. The first-order chi connectivity index (χ1) is 10.5. The molecule has 3 heteroatoms. The molecular weight excluding hydrogens is 272 g/mol. The standard InChI is InChI=1S/C19H24N2O/c1-13(2)18(21-17-10-4-14(3)5-11-17)12-19(22)15-6-8-16(20)9-7-15/h4-11,13,18,21H,12,20H2,1-3H3/t18-/m1/s1. The van der Waals surface area contributed by atoms with Crippen LogP contribution in [0.2, 0.25) is 0 Å². The van der Waals surface area contributed by atoms with Gasteiger partial charge in [0.25, 0.3) is 0 Å². The van der Waals surface area contributed by atoms with Crippen LogP contribution in [0, 0.1) is 12.8 Å². The smallest absolute Gasteiger partial charge is 0.164 e. The van der Waals surface area contributed by atoms with Gasteiger partial charge in [-0.05, 0) is 49.2 Å². The number of ketones is 1. The lowest BCUT2D eigenvalue weighted by Gasteiger charge is -2.23. The number of benzene rings is 2. The Morgan fingerprint density at radius 1 is 1.05 bits per heavy atom. The Balaban J connectivity index is 2.06. The van der Waals surface area contributed by atoms with Crippen molar-refractivity contribution in [3.8, 4) is 0 Å². The van der Waals surface area contributed by atoms with E-state index in [1.54, 1.807) is 24.3 Å². The zero-order valence-electron chi connectivity index (χ0n) is 13.5. The Morgan fingerprint density at radius 3 is 2.18 bits per heavy atom. The molecule has 0 bridgehead atoms.